The zero-order valence-electron chi connectivity index (χ0n) is 16.0. The Bertz CT molecular complexity index is 1290. The topological polar surface area (TPSA) is 0 Å². The highest BCUT2D eigenvalue weighted by atomic mass is 14.5. The fourth-order valence-corrected chi connectivity index (χ4v) is 5.16. The predicted octanol–water partition coefficient (Wildman–Crippen LogP) is 7.00. The molecule has 0 unspecified atom stereocenters. The van der Waals surface area contributed by atoms with Crippen LogP contribution in [0.4, 0.5) is 0 Å². The lowest BCUT2D eigenvalue weighted by Gasteiger charge is -2.34. The molecule has 5 aromatic rings. The monoisotopic (exact) mass is 367 g/mol. The van der Waals surface area contributed by atoms with E-state index >= 15 is 0 Å². The van der Waals surface area contributed by atoms with Gasteiger partial charge in [0.05, 0.1) is 5.41 Å². The zero-order chi connectivity index (χ0) is 19.3. The second-order valence-corrected chi connectivity index (χ2v) is 7.66. The molecule has 1 aliphatic rings. The van der Waals surface area contributed by atoms with E-state index in [0.717, 1.165) is 0 Å². The van der Waals surface area contributed by atoms with Crippen molar-refractivity contribution in [2.24, 2.45) is 0 Å². The predicted molar refractivity (Wildman–Crippen MR) is 120 cm³/mol. The van der Waals surface area contributed by atoms with E-state index in [0.29, 0.717) is 0 Å². The average Bonchev–Trinajstić information content (AvgIpc) is 3.12. The van der Waals surface area contributed by atoms with E-state index in [1.165, 1.54) is 44.2 Å². The van der Waals surface area contributed by atoms with E-state index in [9.17, 15) is 0 Å². The van der Waals surface area contributed by atoms with Gasteiger partial charge in [-0.25, -0.2) is 0 Å². The zero-order valence-corrected chi connectivity index (χ0v) is 16.0. The number of hydrogen-bond donors (Lipinski definition) is 0. The molecule has 0 heteroatoms. The van der Waals surface area contributed by atoms with Crippen molar-refractivity contribution < 1.29 is 0 Å². The van der Waals surface area contributed by atoms with Gasteiger partial charge in [-0.2, -0.15) is 0 Å². The van der Waals surface area contributed by atoms with Crippen molar-refractivity contribution in [2.75, 3.05) is 0 Å². The minimum Gasteiger partial charge on any atom is -0.0622 e. The fraction of sp³-hybridized carbons (Fsp3) is 0.0345. The lowest BCUT2D eigenvalue weighted by Crippen LogP contribution is -2.28. The summed E-state index contributed by atoms with van der Waals surface area (Å²) in [5.41, 5.74) is 7.55. The third-order valence-corrected chi connectivity index (χ3v) is 6.28. The normalized spacial score (nSPS) is 13.8. The van der Waals surface area contributed by atoms with Crippen LogP contribution in [0.1, 0.15) is 22.3 Å². The molecular weight excluding hydrogens is 348 g/mol. The first-order valence-corrected chi connectivity index (χ1v) is 10.0. The van der Waals surface area contributed by atoms with Crippen LogP contribution < -0.4 is 0 Å². The van der Waals surface area contributed by atoms with Crippen molar-refractivity contribution in [2.45, 2.75) is 5.41 Å². The molecule has 6 rings (SSSR count). The minimum atomic E-state index is -0.344. The third-order valence-electron chi connectivity index (χ3n) is 6.28. The minimum absolute atomic E-state index is 0.344. The average molecular weight is 367 g/mol. The summed E-state index contributed by atoms with van der Waals surface area (Å²) in [4.78, 5) is 0. The van der Waals surface area contributed by atoms with Gasteiger partial charge in [-0.1, -0.05) is 109 Å². The van der Waals surface area contributed by atoms with Crippen LogP contribution in [0.2, 0.25) is 0 Å². The van der Waals surface area contributed by atoms with Gasteiger partial charge in [0, 0.05) is 0 Å². The second-order valence-electron chi connectivity index (χ2n) is 7.66. The summed E-state index contributed by atoms with van der Waals surface area (Å²) in [5.74, 6) is 0. The largest absolute Gasteiger partial charge is 0.0719 e. The molecule has 0 fully saturated rings. The van der Waals surface area contributed by atoms with Gasteiger partial charge in [-0.3, -0.25) is 0 Å². The maximum atomic E-state index is 3.32. The van der Waals surface area contributed by atoms with Gasteiger partial charge in [0.2, 0.25) is 0 Å². The molecule has 1 radical (unpaired) electrons. The van der Waals surface area contributed by atoms with Gasteiger partial charge in [0.1, 0.15) is 0 Å². The van der Waals surface area contributed by atoms with Crippen LogP contribution in [0.3, 0.4) is 0 Å². The van der Waals surface area contributed by atoms with Crippen LogP contribution >= 0.6 is 0 Å². The van der Waals surface area contributed by atoms with Crippen molar-refractivity contribution in [3.63, 3.8) is 0 Å². The first-order chi connectivity index (χ1) is 14.4. The molecule has 135 valence electrons. The van der Waals surface area contributed by atoms with E-state index < -0.39 is 0 Å². The van der Waals surface area contributed by atoms with E-state index in [2.05, 4.69) is 115 Å². The molecule has 5 aromatic carbocycles. The van der Waals surface area contributed by atoms with Gasteiger partial charge < -0.3 is 0 Å². The van der Waals surface area contributed by atoms with Gasteiger partial charge in [0.25, 0.3) is 0 Å². The molecule has 0 amide bonds. The van der Waals surface area contributed by atoms with Gasteiger partial charge >= 0.3 is 0 Å². The fourth-order valence-electron chi connectivity index (χ4n) is 5.16. The molecule has 0 saturated carbocycles. The van der Waals surface area contributed by atoms with Crippen molar-refractivity contribution in [3.8, 4) is 11.1 Å². The summed E-state index contributed by atoms with van der Waals surface area (Å²) in [6.07, 6.45) is 0. The Morgan fingerprint density at radius 2 is 1.21 bits per heavy atom. The second kappa shape index (κ2) is 6.18. The van der Waals surface area contributed by atoms with Crippen LogP contribution in [0, 0.1) is 6.07 Å². The Kier molecular flexibility index (Phi) is 3.48. The summed E-state index contributed by atoms with van der Waals surface area (Å²) in [7, 11) is 0. The number of fused-ring (bicyclic) bond motifs is 5. The summed E-state index contributed by atoms with van der Waals surface area (Å²) < 4.78 is 0. The molecule has 0 saturated heterocycles. The maximum absolute atomic E-state index is 3.32. The molecule has 1 aliphatic carbocycles. The smallest absolute Gasteiger partial charge is 0.0622 e. The molecule has 0 bridgehead atoms. The van der Waals surface area contributed by atoms with Crippen molar-refractivity contribution in [1.82, 2.24) is 0 Å². The van der Waals surface area contributed by atoms with Gasteiger partial charge in [-0.15, -0.1) is 0 Å². The van der Waals surface area contributed by atoms with Crippen molar-refractivity contribution in [3.05, 3.63) is 144 Å². The SMILES string of the molecule is [c]1ccc2c(c1)-c1ccc3ccccc3c1C2(c1ccccc1)c1ccccc1. The molecule has 0 atom stereocenters. The van der Waals surface area contributed by atoms with Crippen LogP contribution in [-0.2, 0) is 5.41 Å². The molecule has 0 heterocycles. The Balaban J connectivity index is 1.88. The van der Waals surface area contributed by atoms with Crippen LogP contribution in [-0.4, -0.2) is 0 Å². The van der Waals surface area contributed by atoms with E-state index in [4.69, 9.17) is 0 Å². The lowest BCUT2D eigenvalue weighted by molar-refractivity contribution is 0.775. The molecule has 29 heavy (non-hydrogen) atoms. The summed E-state index contributed by atoms with van der Waals surface area (Å²) in [5, 5.41) is 2.59. The van der Waals surface area contributed by atoms with Crippen LogP contribution in [0.25, 0.3) is 21.9 Å². The lowest BCUT2D eigenvalue weighted by atomic mass is 9.67. The standard InChI is InChI=1S/C29H19/c1-3-12-22(13-4-1)29(23-14-5-2-6-15-23)27-18-10-9-17-25(27)26-20-19-21-11-7-8-16-24(21)28(26)29/h1-8,10-20H. The highest BCUT2D eigenvalue weighted by Crippen LogP contribution is 2.57. The Morgan fingerprint density at radius 3 is 1.93 bits per heavy atom. The maximum Gasteiger partial charge on any atom is 0.0719 e. The summed E-state index contributed by atoms with van der Waals surface area (Å²) in [6.45, 7) is 0. The third kappa shape index (κ3) is 2.14. The van der Waals surface area contributed by atoms with Crippen LogP contribution in [0.15, 0.2) is 115 Å². The molecule has 0 aromatic heterocycles. The Hall–Kier alpha value is -3.64. The first kappa shape index (κ1) is 16.3. The van der Waals surface area contributed by atoms with Gasteiger partial charge in [-0.05, 0) is 56.3 Å². The Labute approximate surface area is 171 Å². The summed E-state index contributed by atoms with van der Waals surface area (Å²) in [6, 6.07) is 44.9. The number of benzene rings is 5. The van der Waals surface area contributed by atoms with Gasteiger partial charge in [0.15, 0.2) is 0 Å². The molecular formula is C29H19. The Morgan fingerprint density at radius 1 is 0.552 bits per heavy atom. The highest BCUT2D eigenvalue weighted by Gasteiger charge is 2.46. The quantitative estimate of drug-likeness (QED) is 0.309. The van der Waals surface area contributed by atoms with E-state index in [-0.39, 0.29) is 5.41 Å². The van der Waals surface area contributed by atoms with E-state index in [1.54, 1.807) is 0 Å². The summed E-state index contributed by atoms with van der Waals surface area (Å²) >= 11 is 0. The first-order valence-electron chi connectivity index (χ1n) is 10.0. The van der Waals surface area contributed by atoms with E-state index in [1.807, 2.05) is 6.07 Å². The molecule has 0 N–H and O–H groups in total. The molecule has 0 aliphatic heterocycles. The highest BCUT2D eigenvalue weighted by molar-refractivity contribution is 6.00. The molecule has 0 nitrogen and oxygen atoms in total. The molecule has 0 spiro atoms. The number of rotatable bonds is 2. The van der Waals surface area contributed by atoms with Crippen molar-refractivity contribution in [1.29, 1.82) is 0 Å². The van der Waals surface area contributed by atoms with Crippen molar-refractivity contribution >= 4 is 10.8 Å². The van der Waals surface area contributed by atoms with Crippen LogP contribution in [0.5, 0.6) is 0 Å². The number of hydrogen-bond acceptors (Lipinski definition) is 0.